The van der Waals surface area contributed by atoms with E-state index >= 15 is 0 Å². The normalized spacial score (nSPS) is 13.7. The summed E-state index contributed by atoms with van der Waals surface area (Å²) in [7, 11) is 3.01. The van der Waals surface area contributed by atoms with Gasteiger partial charge in [-0.05, 0) is 72.2 Å². The highest BCUT2D eigenvalue weighted by molar-refractivity contribution is 8.93. The molecule has 0 bridgehead atoms. The fourth-order valence-electron chi connectivity index (χ4n) is 1.74. The fraction of sp³-hybridized carbons (Fsp3) is 0.222. The fourth-order valence-corrected chi connectivity index (χ4v) is 5.29. The lowest BCUT2D eigenvalue weighted by Crippen LogP contribution is -1.97. The second-order valence-corrected chi connectivity index (χ2v) is 9.32. The molecule has 0 aromatic carbocycles. The number of nitrogens with zero attached hydrogens (tertiary/aromatic N) is 6. The van der Waals surface area contributed by atoms with E-state index in [1.54, 1.807) is 12.4 Å². The van der Waals surface area contributed by atoms with E-state index in [1.807, 2.05) is 62.8 Å². The maximum Gasteiger partial charge on any atom is 0.163 e. The van der Waals surface area contributed by atoms with Crippen LogP contribution in [0.15, 0.2) is 69.2 Å². The first kappa shape index (κ1) is 22.7. The van der Waals surface area contributed by atoms with Crippen molar-refractivity contribution >= 4 is 65.3 Å². The zero-order valence-electron chi connectivity index (χ0n) is 15.9. The summed E-state index contributed by atoms with van der Waals surface area (Å²) in [4.78, 5) is 8.55. The molecule has 2 heterocycles. The van der Waals surface area contributed by atoms with Crippen molar-refractivity contribution in [3.8, 4) is 0 Å². The Kier molecular flexibility index (Phi) is 10.3. The van der Waals surface area contributed by atoms with Crippen molar-refractivity contribution < 1.29 is 0 Å². The number of hydrogen-bond donors (Lipinski definition) is 0. The second-order valence-electron chi connectivity index (χ2n) is 5.11. The number of pyridine rings is 2. The summed E-state index contributed by atoms with van der Waals surface area (Å²) < 4.78 is 1.65. The summed E-state index contributed by atoms with van der Waals surface area (Å²) in [6.07, 6.45) is 7.42. The van der Waals surface area contributed by atoms with Gasteiger partial charge >= 0.3 is 0 Å². The Morgan fingerprint density at radius 1 is 0.679 bits per heavy atom. The van der Waals surface area contributed by atoms with Gasteiger partial charge < -0.3 is 0 Å². The predicted octanol–water partition coefficient (Wildman–Crippen LogP) is 5.44. The maximum absolute atomic E-state index is 4.33. The van der Waals surface area contributed by atoms with E-state index < -0.39 is 0 Å². The molecular formula is C18H20N6S4. The number of hydrogen-bond acceptors (Lipinski definition) is 10. The molecule has 10 heteroatoms. The molecule has 2 aromatic heterocycles. The first-order valence-corrected chi connectivity index (χ1v) is 12.7. The zero-order chi connectivity index (χ0) is 20.2. The quantitative estimate of drug-likeness (QED) is 0.268. The Bertz CT molecular complexity index is 793. The van der Waals surface area contributed by atoms with Crippen LogP contribution < -0.4 is 0 Å². The lowest BCUT2D eigenvalue weighted by molar-refractivity contribution is 1.21. The summed E-state index contributed by atoms with van der Waals surface area (Å²) in [5.41, 5.74) is 3.17. The minimum atomic E-state index is 0.770. The molecule has 0 saturated carbocycles. The number of thioether (sulfide) groups is 2. The monoisotopic (exact) mass is 448 g/mol. The molecular weight excluding hydrogens is 429 g/mol. The van der Waals surface area contributed by atoms with E-state index in [2.05, 4.69) is 30.4 Å². The summed E-state index contributed by atoms with van der Waals surface area (Å²) in [5.74, 6) is 0. The number of aromatic nitrogens is 2. The van der Waals surface area contributed by atoms with Crippen LogP contribution in [0.3, 0.4) is 0 Å². The second kappa shape index (κ2) is 12.8. The largest absolute Gasteiger partial charge is 0.255 e. The van der Waals surface area contributed by atoms with E-state index in [0.29, 0.717) is 0 Å². The van der Waals surface area contributed by atoms with E-state index in [-0.39, 0.29) is 0 Å². The van der Waals surface area contributed by atoms with Gasteiger partial charge in [0.2, 0.25) is 0 Å². The molecule has 2 aromatic rings. The SMILES string of the molecule is CS/C(=N\N=C(/C)c1ccccn1)SS/C(=N/N=C(\C)c1ccccn1)SC. The predicted molar refractivity (Wildman–Crippen MR) is 130 cm³/mol. The molecule has 0 fully saturated rings. The van der Waals surface area contributed by atoms with Crippen LogP contribution in [0.1, 0.15) is 25.2 Å². The van der Waals surface area contributed by atoms with Gasteiger partial charge in [-0.2, -0.15) is 10.2 Å². The van der Waals surface area contributed by atoms with Crippen LogP contribution in [0.2, 0.25) is 0 Å². The molecule has 0 N–H and O–H groups in total. The molecule has 0 saturated heterocycles. The van der Waals surface area contributed by atoms with Crippen LogP contribution in [0.25, 0.3) is 0 Å². The van der Waals surface area contributed by atoms with Crippen molar-refractivity contribution in [1.29, 1.82) is 0 Å². The summed E-state index contributed by atoms with van der Waals surface area (Å²) in [5, 5.41) is 17.2. The Morgan fingerprint density at radius 2 is 1.11 bits per heavy atom. The summed E-state index contributed by atoms with van der Waals surface area (Å²) in [6.45, 7) is 3.79. The third-order valence-electron chi connectivity index (χ3n) is 3.17. The topological polar surface area (TPSA) is 75.2 Å². The molecule has 0 atom stereocenters. The smallest absolute Gasteiger partial charge is 0.163 e. The third-order valence-corrected chi connectivity index (χ3v) is 7.89. The van der Waals surface area contributed by atoms with E-state index in [1.165, 1.54) is 45.1 Å². The average molecular weight is 449 g/mol. The number of rotatable bonds is 4. The first-order chi connectivity index (χ1) is 13.6. The molecule has 28 heavy (non-hydrogen) atoms. The lowest BCUT2D eigenvalue weighted by Gasteiger charge is -2.02. The molecule has 0 radical (unpaired) electrons. The van der Waals surface area contributed by atoms with E-state index in [4.69, 9.17) is 0 Å². The Morgan fingerprint density at radius 3 is 1.43 bits per heavy atom. The maximum atomic E-state index is 4.33. The Balaban J connectivity index is 2.02. The van der Waals surface area contributed by atoms with Gasteiger partial charge in [0.25, 0.3) is 0 Å². The van der Waals surface area contributed by atoms with Crippen molar-refractivity contribution in [2.24, 2.45) is 20.4 Å². The van der Waals surface area contributed by atoms with Crippen molar-refractivity contribution in [3.63, 3.8) is 0 Å². The van der Waals surface area contributed by atoms with Crippen molar-refractivity contribution in [2.75, 3.05) is 12.5 Å². The minimum absolute atomic E-state index is 0.770. The summed E-state index contributed by atoms with van der Waals surface area (Å²) in [6, 6.07) is 11.4. The van der Waals surface area contributed by atoms with Crippen LogP contribution in [0.5, 0.6) is 0 Å². The van der Waals surface area contributed by atoms with Crippen LogP contribution in [-0.2, 0) is 0 Å². The van der Waals surface area contributed by atoms with Gasteiger partial charge in [0, 0.05) is 12.4 Å². The van der Waals surface area contributed by atoms with Crippen LogP contribution in [0, 0.1) is 0 Å². The van der Waals surface area contributed by atoms with Gasteiger partial charge in [-0.1, -0.05) is 12.1 Å². The van der Waals surface area contributed by atoms with E-state index in [0.717, 1.165) is 31.6 Å². The van der Waals surface area contributed by atoms with Gasteiger partial charge in [0.15, 0.2) is 8.75 Å². The van der Waals surface area contributed by atoms with Gasteiger partial charge in [0.1, 0.15) is 0 Å². The Labute approximate surface area is 181 Å². The zero-order valence-corrected chi connectivity index (χ0v) is 19.2. The van der Waals surface area contributed by atoms with Crippen LogP contribution in [-0.4, -0.2) is 42.7 Å². The molecule has 146 valence electrons. The van der Waals surface area contributed by atoms with Gasteiger partial charge in [-0.3, -0.25) is 9.97 Å². The van der Waals surface area contributed by atoms with Crippen LogP contribution >= 0.6 is 45.1 Å². The molecule has 0 aliphatic heterocycles. The standard InChI is InChI=1S/C18H20N6S4/c1-13(15-9-5-7-11-19-15)21-23-17(25-3)27-28-18(26-4)24-22-14(2)16-10-6-8-12-20-16/h5-12H,1-4H3/b21-13+,22-14+,23-17+,24-18+. The van der Waals surface area contributed by atoms with Crippen molar-refractivity contribution in [3.05, 3.63) is 60.2 Å². The van der Waals surface area contributed by atoms with Gasteiger partial charge in [-0.25, -0.2) is 0 Å². The molecule has 0 aliphatic rings. The summed E-state index contributed by atoms with van der Waals surface area (Å²) >= 11 is 3.07. The van der Waals surface area contributed by atoms with Gasteiger partial charge in [-0.15, -0.1) is 33.7 Å². The minimum Gasteiger partial charge on any atom is -0.255 e. The first-order valence-electron chi connectivity index (χ1n) is 8.14. The molecule has 0 aliphatic carbocycles. The molecule has 0 spiro atoms. The highest BCUT2D eigenvalue weighted by Gasteiger charge is 2.06. The molecule has 6 nitrogen and oxygen atoms in total. The van der Waals surface area contributed by atoms with E-state index in [9.17, 15) is 0 Å². The molecule has 0 unspecified atom stereocenters. The van der Waals surface area contributed by atoms with Crippen molar-refractivity contribution in [1.82, 2.24) is 9.97 Å². The Hall–Kier alpha value is -1.62. The average Bonchev–Trinajstić information content (AvgIpc) is 2.76. The highest BCUT2D eigenvalue weighted by atomic mass is 33.1. The molecule has 2 rings (SSSR count). The van der Waals surface area contributed by atoms with Crippen LogP contribution in [0.4, 0.5) is 0 Å². The molecule has 0 amide bonds. The van der Waals surface area contributed by atoms with Gasteiger partial charge in [0.05, 0.1) is 22.8 Å². The third kappa shape index (κ3) is 7.78. The highest BCUT2D eigenvalue weighted by Crippen LogP contribution is 2.33. The van der Waals surface area contributed by atoms with Crippen molar-refractivity contribution in [2.45, 2.75) is 13.8 Å². The lowest BCUT2D eigenvalue weighted by atomic mass is 10.3.